The van der Waals surface area contributed by atoms with E-state index in [9.17, 15) is 0 Å². The molecule has 0 saturated carbocycles. The third-order valence-electron chi connectivity index (χ3n) is 9.44. The molecule has 10 rings (SSSR count). The normalized spacial score (nSPS) is 11.6. The van der Waals surface area contributed by atoms with Crippen molar-refractivity contribution in [2.75, 3.05) is 0 Å². The van der Waals surface area contributed by atoms with Crippen molar-refractivity contribution in [1.29, 1.82) is 0 Å². The minimum atomic E-state index is 0.633. The number of fused-ring (bicyclic) bond motifs is 6. The second-order valence-electron chi connectivity index (χ2n) is 12.5. The van der Waals surface area contributed by atoms with Crippen LogP contribution in [0, 0.1) is 0 Å². The summed E-state index contributed by atoms with van der Waals surface area (Å²) in [6.07, 6.45) is 0. The molecule has 0 unspecified atom stereocenters. The molecular weight excluding hydrogens is 629 g/mol. The zero-order valence-electron chi connectivity index (χ0n) is 26.9. The van der Waals surface area contributed by atoms with Crippen molar-refractivity contribution in [2.45, 2.75) is 0 Å². The van der Waals surface area contributed by atoms with E-state index < -0.39 is 0 Å². The zero-order chi connectivity index (χ0) is 33.0. The number of benzene rings is 7. The van der Waals surface area contributed by atoms with E-state index in [2.05, 4.69) is 168 Å². The summed E-state index contributed by atoms with van der Waals surface area (Å²) in [7, 11) is 0. The Morgan fingerprint density at radius 3 is 1.58 bits per heavy atom. The van der Waals surface area contributed by atoms with Gasteiger partial charge in [-0.15, -0.1) is 11.3 Å². The van der Waals surface area contributed by atoms with E-state index in [0.717, 1.165) is 44.5 Å². The van der Waals surface area contributed by atoms with Gasteiger partial charge >= 0.3 is 0 Å². The largest absolute Gasteiger partial charge is 0.309 e. The number of hydrogen-bond acceptors (Lipinski definition) is 4. The highest BCUT2D eigenvalue weighted by molar-refractivity contribution is 7.25. The summed E-state index contributed by atoms with van der Waals surface area (Å²) < 4.78 is 4.82. The molecule has 0 aliphatic heterocycles. The lowest BCUT2D eigenvalue weighted by Crippen LogP contribution is -2.01. The van der Waals surface area contributed by atoms with Crippen molar-refractivity contribution < 1.29 is 0 Å². The highest BCUT2D eigenvalue weighted by Gasteiger charge is 2.17. The Morgan fingerprint density at radius 1 is 0.340 bits per heavy atom. The van der Waals surface area contributed by atoms with Crippen LogP contribution in [0.4, 0.5) is 0 Å². The van der Waals surface area contributed by atoms with E-state index in [4.69, 9.17) is 15.0 Å². The maximum absolute atomic E-state index is 5.16. The molecule has 5 heteroatoms. The van der Waals surface area contributed by atoms with E-state index in [1.54, 1.807) is 11.3 Å². The SMILES string of the molecule is c1ccc(-c2cccc(-c3nc(-c4cccc(-n5c6ccccc6c6ccccc65)c4)nc(-c4ccc5c(c4)sc4ccccc45)n3)c2)cc1. The highest BCUT2D eigenvalue weighted by Crippen LogP contribution is 2.37. The number of rotatable bonds is 5. The quantitative estimate of drug-likeness (QED) is 0.185. The summed E-state index contributed by atoms with van der Waals surface area (Å²) in [5.74, 6) is 1.92. The molecular formula is C45H28N4S. The fourth-order valence-corrected chi connectivity index (χ4v) is 8.23. The van der Waals surface area contributed by atoms with Gasteiger partial charge in [-0.2, -0.15) is 0 Å². The first-order valence-corrected chi connectivity index (χ1v) is 17.5. The van der Waals surface area contributed by atoms with E-state index in [0.29, 0.717) is 17.5 Å². The minimum Gasteiger partial charge on any atom is -0.309 e. The Bertz CT molecular complexity index is 2830. The van der Waals surface area contributed by atoms with Gasteiger partial charge in [-0.3, -0.25) is 0 Å². The second-order valence-corrected chi connectivity index (χ2v) is 13.6. The van der Waals surface area contributed by atoms with Crippen LogP contribution in [0.3, 0.4) is 0 Å². The van der Waals surface area contributed by atoms with Crippen LogP contribution < -0.4 is 0 Å². The Kier molecular flexibility index (Phi) is 6.64. The van der Waals surface area contributed by atoms with Crippen LogP contribution in [0.1, 0.15) is 0 Å². The van der Waals surface area contributed by atoms with Crippen molar-refractivity contribution in [2.24, 2.45) is 0 Å². The molecule has 7 aromatic carbocycles. The predicted octanol–water partition coefficient (Wildman–Crippen LogP) is 12.0. The number of hydrogen-bond donors (Lipinski definition) is 0. The van der Waals surface area contributed by atoms with Crippen LogP contribution in [0.25, 0.3) is 93.0 Å². The van der Waals surface area contributed by atoms with E-state index in [1.165, 1.54) is 30.9 Å². The molecule has 0 aliphatic rings. The number of aromatic nitrogens is 4. The van der Waals surface area contributed by atoms with Gasteiger partial charge in [0.2, 0.25) is 0 Å². The highest BCUT2D eigenvalue weighted by atomic mass is 32.1. The molecule has 0 radical (unpaired) electrons. The van der Waals surface area contributed by atoms with Gasteiger partial charge in [0.05, 0.1) is 11.0 Å². The molecule has 0 saturated heterocycles. The number of para-hydroxylation sites is 2. The summed E-state index contributed by atoms with van der Waals surface area (Å²) in [6.45, 7) is 0. The number of thiophene rings is 1. The first-order valence-electron chi connectivity index (χ1n) is 16.7. The molecule has 4 nitrogen and oxygen atoms in total. The molecule has 0 N–H and O–H groups in total. The molecule has 0 atom stereocenters. The molecule has 50 heavy (non-hydrogen) atoms. The Balaban J connectivity index is 1.16. The minimum absolute atomic E-state index is 0.633. The Hall–Kier alpha value is -6.43. The van der Waals surface area contributed by atoms with Gasteiger partial charge in [0.25, 0.3) is 0 Å². The summed E-state index contributed by atoms with van der Waals surface area (Å²) in [4.78, 5) is 15.4. The summed E-state index contributed by atoms with van der Waals surface area (Å²) in [5, 5.41) is 4.98. The maximum Gasteiger partial charge on any atom is 0.164 e. The van der Waals surface area contributed by atoms with Gasteiger partial charge in [-0.25, -0.2) is 15.0 Å². The molecule has 234 valence electrons. The summed E-state index contributed by atoms with van der Waals surface area (Å²) in [6, 6.07) is 59.7. The van der Waals surface area contributed by atoms with Gasteiger partial charge in [0, 0.05) is 53.3 Å². The zero-order valence-corrected chi connectivity index (χ0v) is 27.7. The lowest BCUT2D eigenvalue weighted by Gasteiger charge is -2.12. The van der Waals surface area contributed by atoms with Crippen molar-refractivity contribution in [3.05, 3.63) is 170 Å². The molecule has 0 amide bonds. The van der Waals surface area contributed by atoms with E-state index in [-0.39, 0.29) is 0 Å². The van der Waals surface area contributed by atoms with Gasteiger partial charge in [0.1, 0.15) is 0 Å². The van der Waals surface area contributed by atoms with Crippen LogP contribution in [-0.4, -0.2) is 19.5 Å². The van der Waals surface area contributed by atoms with Gasteiger partial charge in [-0.1, -0.05) is 127 Å². The molecule has 3 heterocycles. The molecule has 10 aromatic rings. The van der Waals surface area contributed by atoms with Crippen LogP contribution in [0.5, 0.6) is 0 Å². The lowest BCUT2D eigenvalue weighted by atomic mass is 10.0. The standard InChI is InChI=1S/C45H28N4S/c1-2-12-29(13-3-1)30-14-10-15-31(26-30)43-46-44(48-45(47-43)33-24-25-38-37-20-6-9-23-41(37)50-42(38)28-33)32-16-11-17-34(27-32)49-39-21-7-4-18-35(39)36-19-5-8-22-40(36)49/h1-28H. The van der Waals surface area contributed by atoms with Crippen LogP contribution in [0.15, 0.2) is 170 Å². The predicted molar refractivity (Wildman–Crippen MR) is 209 cm³/mol. The maximum atomic E-state index is 5.16. The van der Waals surface area contributed by atoms with Crippen LogP contribution in [0.2, 0.25) is 0 Å². The number of nitrogens with zero attached hydrogens (tertiary/aromatic N) is 4. The smallest absolute Gasteiger partial charge is 0.164 e. The van der Waals surface area contributed by atoms with Gasteiger partial charge < -0.3 is 4.57 Å². The van der Waals surface area contributed by atoms with Crippen LogP contribution in [-0.2, 0) is 0 Å². The van der Waals surface area contributed by atoms with Crippen molar-refractivity contribution in [3.63, 3.8) is 0 Å². The third kappa shape index (κ3) is 4.79. The molecule has 0 spiro atoms. The van der Waals surface area contributed by atoms with Crippen molar-refractivity contribution >= 4 is 53.3 Å². The monoisotopic (exact) mass is 656 g/mol. The summed E-state index contributed by atoms with van der Waals surface area (Å²) >= 11 is 1.80. The average Bonchev–Trinajstić information content (AvgIpc) is 3.74. The topological polar surface area (TPSA) is 43.6 Å². The Morgan fingerprint density at radius 2 is 0.860 bits per heavy atom. The lowest BCUT2D eigenvalue weighted by molar-refractivity contribution is 1.07. The van der Waals surface area contributed by atoms with Gasteiger partial charge in [-0.05, 0) is 53.6 Å². The van der Waals surface area contributed by atoms with Crippen molar-refractivity contribution in [3.8, 4) is 51.0 Å². The van der Waals surface area contributed by atoms with Gasteiger partial charge in [0.15, 0.2) is 17.5 Å². The van der Waals surface area contributed by atoms with E-state index >= 15 is 0 Å². The third-order valence-corrected chi connectivity index (χ3v) is 10.6. The first kappa shape index (κ1) is 28.6. The fraction of sp³-hybridized carbons (Fsp3) is 0. The molecule has 0 fully saturated rings. The van der Waals surface area contributed by atoms with E-state index in [1.807, 2.05) is 6.07 Å². The second kappa shape index (κ2) is 11.6. The average molecular weight is 657 g/mol. The van der Waals surface area contributed by atoms with Crippen LogP contribution >= 0.6 is 11.3 Å². The van der Waals surface area contributed by atoms with Crippen molar-refractivity contribution in [1.82, 2.24) is 19.5 Å². The molecule has 0 bridgehead atoms. The Labute approximate surface area is 292 Å². The molecule has 0 aliphatic carbocycles. The first-order chi connectivity index (χ1) is 24.8. The fourth-order valence-electron chi connectivity index (χ4n) is 7.08. The molecule has 3 aromatic heterocycles. The summed E-state index contributed by atoms with van der Waals surface area (Å²) in [5.41, 5.74) is 8.49.